The third-order valence-corrected chi connectivity index (χ3v) is 3.78. The highest BCUT2D eigenvalue weighted by Gasteiger charge is 2.28. The first-order chi connectivity index (χ1) is 14.2. The lowest BCUT2D eigenvalue weighted by Gasteiger charge is -2.09. The van der Waals surface area contributed by atoms with Crippen LogP contribution < -0.4 is 16.5 Å². The Balaban J connectivity index is 2.23. The van der Waals surface area contributed by atoms with Gasteiger partial charge >= 0.3 is 6.18 Å². The lowest BCUT2D eigenvalue weighted by Crippen LogP contribution is -2.34. The molecule has 160 valence electrons. The van der Waals surface area contributed by atoms with Crippen LogP contribution in [0.2, 0.25) is 0 Å². The second-order valence-electron chi connectivity index (χ2n) is 6.33. The van der Waals surface area contributed by atoms with Crippen LogP contribution in [0.15, 0.2) is 28.3 Å². The van der Waals surface area contributed by atoms with E-state index in [1.807, 2.05) is 0 Å². The summed E-state index contributed by atoms with van der Waals surface area (Å²) in [4.78, 5) is 28.1. The van der Waals surface area contributed by atoms with Gasteiger partial charge in [0.2, 0.25) is 0 Å². The number of benzene rings is 1. The number of nitrogens with one attached hydrogen (secondary N) is 2. The molecule has 0 saturated heterocycles. The van der Waals surface area contributed by atoms with Crippen LogP contribution in [0.4, 0.5) is 18.9 Å². The van der Waals surface area contributed by atoms with Crippen LogP contribution in [-0.2, 0) is 4.79 Å². The molecule has 0 heterocycles. The van der Waals surface area contributed by atoms with E-state index < -0.39 is 24.5 Å². The maximum absolute atomic E-state index is 12.3. The van der Waals surface area contributed by atoms with Crippen LogP contribution in [0.3, 0.4) is 0 Å². The van der Waals surface area contributed by atoms with E-state index in [-0.39, 0.29) is 41.6 Å². The third kappa shape index (κ3) is 7.56. The van der Waals surface area contributed by atoms with Crippen molar-refractivity contribution in [1.29, 1.82) is 0 Å². The van der Waals surface area contributed by atoms with E-state index in [0.717, 1.165) is 19.1 Å². The Morgan fingerprint density at radius 1 is 1.33 bits per heavy atom. The van der Waals surface area contributed by atoms with Crippen molar-refractivity contribution in [2.75, 3.05) is 13.2 Å². The van der Waals surface area contributed by atoms with Crippen LogP contribution in [0.5, 0.6) is 0 Å². The van der Waals surface area contributed by atoms with E-state index in [1.165, 1.54) is 18.2 Å². The van der Waals surface area contributed by atoms with Crippen LogP contribution in [-0.4, -0.2) is 54.2 Å². The maximum atomic E-state index is 12.3. The lowest BCUT2D eigenvalue weighted by atomic mass is 10.1. The molecule has 0 bridgehead atoms. The minimum atomic E-state index is -4.54. The number of hydrazone groups is 1. The molecule has 1 aliphatic rings. The van der Waals surface area contributed by atoms with Gasteiger partial charge in [-0.05, 0) is 31.0 Å². The number of aliphatic hydroxyl groups excluding tert-OH is 1. The first kappa shape index (κ1) is 22.9. The number of aliphatic imine (C=N–C) groups is 1. The SMILES string of the molecule is NN=C(C=Nc1ccc(C(=O)NCC(F)(F)F)cc1C#CCCO)C(=O)NC1CC1. The molecule has 0 aromatic heterocycles. The first-order valence-electron chi connectivity index (χ1n) is 8.95. The molecule has 1 aromatic rings. The number of carbonyl (C=O) groups excluding carboxylic acids is 2. The fourth-order valence-corrected chi connectivity index (χ4v) is 2.15. The first-order valence-corrected chi connectivity index (χ1v) is 8.95. The molecule has 2 amide bonds. The van der Waals surface area contributed by atoms with Crippen molar-refractivity contribution in [3.05, 3.63) is 29.3 Å². The highest BCUT2D eigenvalue weighted by Crippen LogP contribution is 2.21. The largest absolute Gasteiger partial charge is 0.405 e. The van der Waals surface area contributed by atoms with Crippen LogP contribution >= 0.6 is 0 Å². The molecule has 1 saturated carbocycles. The van der Waals surface area contributed by atoms with Gasteiger partial charge in [0.15, 0.2) is 5.71 Å². The van der Waals surface area contributed by atoms with Gasteiger partial charge in [0.1, 0.15) is 6.54 Å². The molecule has 0 aliphatic heterocycles. The number of halogens is 3. The maximum Gasteiger partial charge on any atom is 0.405 e. The molecule has 1 aliphatic carbocycles. The molecule has 8 nitrogen and oxygen atoms in total. The van der Waals surface area contributed by atoms with E-state index in [4.69, 9.17) is 10.9 Å². The summed E-state index contributed by atoms with van der Waals surface area (Å²) in [6.07, 6.45) is -1.50. The Morgan fingerprint density at radius 2 is 2.07 bits per heavy atom. The van der Waals surface area contributed by atoms with Crippen molar-refractivity contribution in [3.8, 4) is 11.8 Å². The van der Waals surface area contributed by atoms with Crippen molar-refractivity contribution in [1.82, 2.24) is 10.6 Å². The van der Waals surface area contributed by atoms with Gasteiger partial charge in [-0.2, -0.15) is 18.3 Å². The molecular formula is C19H20F3N5O3. The Morgan fingerprint density at radius 3 is 2.67 bits per heavy atom. The van der Waals surface area contributed by atoms with Gasteiger partial charge in [-0.25, -0.2) is 0 Å². The predicted molar refractivity (Wildman–Crippen MR) is 104 cm³/mol. The zero-order chi connectivity index (χ0) is 22.1. The fraction of sp³-hybridized carbons (Fsp3) is 0.368. The monoisotopic (exact) mass is 423 g/mol. The standard InChI is InChI=1S/C19H20F3N5O3/c20-19(21,22)11-25-17(29)13-4-7-15(12(9-13)3-1-2-8-28)24-10-16(27-23)18(30)26-14-5-6-14/h4,7,9-10,14,28H,2,5-6,8,11,23H2,(H,25,29)(H,26,30). The number of rotatable bonds is 7. The predicted octanol–water partition coefficient (Wildman–Crippen LogP) is 1.01. The van der Waals surface area contributed by atoms with Crippen molar-refractivity contribution < 1.29 is 27.9 Å². The molecular weight excluding hydrogens is 403 g/mol. The molecule has 2 rings (SSSR count). The van der Waals surface area contributed by atoms with Gasteiger partial charge in [-0.1, -0.05) is 11.8 Å². The molecule has 0 unspecified atom stereocenters. The van der Waals surface area contributed by atoms with Crippen molar-refractivity contribution in [2.45, 2.75) is 31.5 Å². The van der Waals surface area contributed by atoms with Crippen molar-refractivity contribution in [2.24, 2.45) is 15.9 Å². The minimum absolute atomic E-state index is 0.0503. The number of nitrogens with two attached hydrogens (primary N) is 1. The van der Waals surface area contributed by atoms with Crippen LogP contribution in [0, 0.1) is 11.8 Å². The molecule has 0 spiro atoms. The Hall–Kier alpha value is -3.39. The number of nitrogens with zero attached hydrogens (tertiary/aromatic N) is 2. The zero-order valence-corrected chi connectivity index (χ0v) is 15.8. The number of amides is 2. The third-order valence-electron chi connectivity index (χ3n) is 3.78. The summed E-state index contributed by atoms with van der Waals surface area (Å²) >= 11 is 0. The summed E-state index contributed by atoms with van der Waals surface area (Å²) in [5.74, 6) is 9.17. The summed E-state index contributed by atoms with van der Waals surface area (Å²) in [5, 5.41) is 16.7. The van der Waals surface area contributed by atoms with E-state index in [0.29, 0.717) is 0 Å². The van der Waals surface area contributed by atoms with Gasteiger partial charge in [0.25, 0.3) is 11.8 Å². The van der Waals surface area contributed by atoms with Crippen LogP contribution in [0.1, 0.15) is 35.2 Å². The number of carbonyl (C=O) groups is 2. The smallest absolute Gasteiger partial charge is 0.395 e. The average Bonchev–Trinajstić information content (AvgIpc) is 3.51. The zero-order valence-electron chi connectivity index (χ0n) is 15.8. The van der Waals surface area contributed by atoms with Gasteiger partial charge < -0.3 is 21.6 Å². The Labute approximate surface area is 170 Å². The molecule has 0 radical (unpaired) electrons. The highest BCUT2D eigenvalue weighted by molar-refractivity contribution is 6.60. The van der Waals surface area contributed by atoms with E-state index in [2.05, 4.69) is 27.3 Å². The van der Waals surface area contributed by atoms with Gasteiger partial charge in [0, 0.05) is 18.0 Å². The van der Waals surface area contributed by atoms with Gasteiger partial charge in [-0.3, -0.25) is 14.6 Å². The second-order valence-corrected chi connectivity index (χ2v) is 6.33. The molecule has 1 aromatic carbocycles. The number of hydrogen-bond donors (Lipinski definition) is 4. The highest BCUT2D eigenvalue weighted by atomic mass is 19.4. The average molecular weight is 423 g/mol. The molecule has 0 atom stereocenters. The second kappa shape index (κ2) is 10.4. The molecule has 11 heteroatoms. The Kier molecular flexibility index (Phi) is 7.94. The van der Waals surface area contributed by atoms with Gasteiger partial charge in [0.05, 0.1) is 24.1 Å². The quantitative estimate of drug-likeness (QED) is 0.226. The number of hydrogen-bond acceptors (Lipinski definition) is 6. The molecule has 5 N–H and O–H groups in total. The summed E-state index contributed by atoms with van der Waals surface area (Å²) in [5.41, 5.74) is 0.292. The fourth-order valence-electron chi connectivity index (χ4n) is 2.15. The molecule has 1 fully saturated rings. The van der Waals surface area contributed by atoms with Crippen LogP contribution in [0.25, 0.3) is 0 Å². The van der Waals surface area contributed by atoms with Crippen molar-refractivity contribution in [3.63, 3.8) is 0 Å². The Bertz CT molecular complexity index is 912. The topological polar surface area (TPSA) is 129 Å². The van der Waals surface area contributed by atoms with E-state index in [1.54, 1.807) is 5.32 Å². The number of aliphatic hydroxyl groups is 1. The summed E-state index contributed by atoms with van der Waals surface area (Å²) < 4.78 is 36.9. The van der Waals surface area contributed by atoms with Gasteiger partial charge in [-0.15, -0.1) is 0 Å². The lowest BCUT2D eigenvalue weighted by molar-refractivity contribution is -0.123. The van der Waals surface area contributed by atoms with E-state index >= 15 is 0 Å². The normalized spacial score (nSPS) is 14.2. The summed E-state index contributed by atoms with van der Waals surface area (Å²) in [6.45, 7) is -1.66. The summed E-state index contributed by atoms with van der Waals surface area (Å²) in [6, 6.07) is 4.01. The molecule has 30 heavy (non-hydrogen) atoms. The van der Waals surface area contributed by atoms with E-state index in [9.17, 15) is 22.8 Å². The van der Waals surface area contributed by atoms with Crippen molar-refractivity contribution >= 4 is 29.4 Å². The summed E-state index contributed by atoms with van der Waals surface area (Å²) in [7, 11) is 0. The minimum Gasteiger partial charge on any atom is -0.395 e. The number of alkyl halides is 3.